The molecular formula is C17H20F3N3O2. The topological polar surface area (TPSA) is 70.0 Å². The second-order valence-corrected chi connectivity index (χ2v) is 6.54. The number of carbonyl (C=O) groups is 1. The summed E-state index contributed by atoms with van der Waals surface area (Å²) in [5.41, 5.74) is 5.58. The highest BCUT2D eigenvalue weighted by molar-refractivity contribution is 5.84. The van der Waals surface area contributed by atoms with Crippen LogP contribution in [0.15, 0.2) is 35.1 Å². The molecule has 2 rings (SSSR count). The number of para-hydroxylation sites is 1. The van der Waals surface area contributed by atoms with Crippen LogP contribution in [0.3, 0.4) is 0 Å². The molecule has 0 saturated carbocycles. The fraction of sp³-hybridized carbons (Fsp3) is 0.412. The standard InChI is InChI=1S/C17H20F3N3O2/c1-16(2,10-9-12(24)17(18,19)20)14-13(21)15(25)23(22(14)3)11-7-5-4-6-8-11/h4-8H,9-10,21H2,1-3H3. The summed E-state index contributed by atoms with van der Waals surface area (Å²) in [6, 6.07) is 8.78. The molecule has 0 aliphatic carbocycles. The summed E-state index contributed by atoms with van der Waals surface area (Å²) in [5.74, 6) is -1.79. The van der Waals surface area contributed by atoms with E-state index in [1.54, 1.807) is 51.2 Å². The number of halogens is 3. The van der Waals surface area contributed by atoms with Crippen molar-refractivity contribution in [2.45, 2.75) is 38.3 Å². The SMILES string of the molecule is Cn1c(C(C)(C)CCC(=O)C(F)(F)F)c(N)c(=O)n1-c1ccccc1. The number of hydrogen-bond donors (Lipinski definition) is 1. The van der Waals surface area contributed by atoms with Gasteiger partial charge in [-0.3, -0.25) is 14.3 Å². The molecule has 2 N–H and O–H groups in total. The minimum Gasteiger partial charge on any atom is -0.393 e. The predicted molar refractivity (Wildman–Crippen MR) is 88.7 cm³/mol. The van der Waals surface area contributed by atoms with Crippen LogP contribution in [0.5, 0.6) is 0 Å². The van der Waals surface area contributed by atoms with Gasteiger partial charge in [0.05, 0.1) is 11.4 Å². The van der Waals surface area contributed by atoms with Gasteiger partial charge in [0.25, 0.3) is 5.56 Å². The van der Waals surface area contributed by atoms with Gasteiger partial charge in [0.15, 0.2) is 0 Å². The van der Waals surface area contributed by atoms with Gasteiger partial charge in [-0.15, -0.1) is 0 Å². The number of benzene rings is 1. The highest BCUT2D eigenvalue weighted by Gasteiger charge is 2.39. The number of carbonyl (C=O) groups excluding carboxylic acids is 1. The second-order valence-electron chi connectivity index (χ2n) is 6.54. The summed E-state index contributed by atoms with van der Waals surface area (Å²) in [5, 5.41) is 0. The number of nitrogens with zero attached hydrogens (tertiary/aromatic N) is 2. The number of alkyl halides is 3. The third kappa shape index (κ3) is 3.62. The van der Waals surface area contributed by atoms with Crippen molar-refractivity contribution in [3.8, 4) is 5.69 Å². The van der Waals surface area contributed by atoms with Crippen molar-refractivity contribution in [1.29, 1.82) is 0 Å². The molecule has 136 valence electrons. The molecule has 0 atom stereocenters. The summed E-state index contributed by atoms with van der Waals surface area (Å²) >= 11 is 0. The minimum atomic E-state index is -4.86. The molecule has 0 fully saturated rings. The minimum absolute atomic E-state index is 0.0317. The maximum Gasteiger partial charge on any atom is 0.449 e. The molecule has 0 radical (unpaired) electrons. The zero-order valence-electron chi connectivity index (χ0n) is 14.2. The Hall–Kier alpha value is -2.51. The maximum absolute atomic E-state index is 12.5. The Morgan fingerprint density at radius 1 is 1.16 bits per heavy atom. The molecule has 0 aliphatic rings. The largest absolute Gasteiger partial charge is 0.449 e. The van der Waals surface area contributed by atoms with Gasteiger partial charge in [-0.2, -0.15) is 13.2 Å². The molecule has 1 aromatic carbocycles. The van der Waals surface area contributed by atoms with E-state index in [0.29, 0.717) is 11.4 Å². The number of Topliss-reactive ketones (excluding diaryl/α,β-unsaturated/α-hetero) is 1. The molecule has 0 amide bonds. The van der Waals surface area contributed by atoms with Crippen molar-refractivity contribution < 1.29 is 18.0 Å². The first-order chi connectivity index (χ1) is 11.5. The second kappa shape index (κ2) is 6.42. The number of anilines is 1. The molecule has 25 heavy (non-hydrogen) atoms. The molecular weight excluding hydrogens is 335 g/mol. The molecule has 0 spiro atoms. The van der Waals surface area contributed by atoms with Crippen molar-refractivity contribution in [2.75, 3.05) is 5.73 Å². The Kier molecular flexibility index (Phi) is 4.83. The maximum atomic E-state index is 12.5. The molecule has 0 saturated heterocycles. The lowest BCUT2D eigenvalue weighted by atomic mass is 9.82. The fourth-order valence-corrected chi connectivity index (χ4v) is 2.97. The van der Waals surface area contributed by atoms with Crippen LogP contribution in [-0.2, 0) is 17.3 Å². The lowest BCUT2D eigenvalue weighted by Crippen LogP contribution is -2.28. The van der Waals surface area contributed by atoms with Crippen LogP contribution in [0.1, 0.15) is 32.4 Å². The molecule has 0 bridgehead atoms. The Labute approximate surface area is 142 Å². The van der Waals surface area contributed by atoms with E-state index in [9.17, 15) is 22.8 Å². The molecule has 5 nitrogen and oxygen atoms in total. The van der Waals surface area contributed by atoms with Crippen LogP contribution in [0.25, 0.3) is 5.69 Å². The number of ketones is 1. The van der Waals surface area contributed by atoms with E-state index in [0.717, 1.165) is 0 Å². The van der Waals surface area contributed by atoms with Gasteiger partial charge in [-0.1, -0.05) is 32.0 Å². The van der Waals surface area contributed by atoms with Crippen LogP contribution in [0.4, 0.5) is 18.9 Å². The lowest BCUT2D eigenvalue weighted by Gasteiger charge is -2.26. The summed E-state index contributed by atoms with van der Waals surface area (Å²) in [6.07, 6.45) is -5.61. The number of hydrogen-bond acceptors (Lipinski definition) is 3. The van der Waals surface area contributed by atoms with Gasteiger partial charge in [-0.05, 0) is 18.6 Å². The third-order valence-corrected chi connectivity index (χ3v) is 4.24. The van der Waals surface area contributed by atoms with Gasteiger partial charge in [0.2, 0.25) is 5.78 Å². The predicted octanol–water partition coefficient (Wildman–Crippen LogP) is 2.95. The molecule has 0 aliphatic heterocycles. The lowest BCUT2D eigenvalue weighted by molar-refractivity contribution is -0.171. The van der Waals surface area contributed by atoms with Crippen LogP contribution < -0.4 is 11.3 Å². The molecule has 2 aromatic rings. The van der Waals surface area contributed by atoms with Crippen molar-refractivity contribution in [1.82, 2.24) is 9.36 Å². The Bertz CT molecular complexity index is 833. The van der Waals surface area contributed by atoms with E-state index in [-0.39, 0.29) is 12.1 Å². The quantitative estimate of drug-likeness (QED) is 0.896. The van der Waals surface area contributed by atoms with Gasteiger partial charge >= 0.3 is 6.18 Å². The molecule has 1 aromatic heterocycles. The summed E-state index contributed by atoms with van der Waals surface area (Å²) < 4.78 is 40.2. The summed E-state index contributed by atoms with van der Waals surface area (Å²) in [7, 11) is 1.62. The zero-order chi connectivity index (χ0) is 19.0. The Morgan fingerprint density at radius 2 is 1.72 bits per heavy atom. The van der Waals surface area contributed by atoms with E-state index in [1.807, 2.05) is 0 Å². The van der Waals surface area contributed by atoms with Gasteiger partial charge in [-0.25, -0.2) is 4.68 Å². The van der Waals surface area contributed by atoms with E-state index >= 15 is 0 Å². The van der Waals surface area contributed by atoms with Crippen molar-refractivity contribution in [3.05, 3.63) is 46.4 Å². The summed E-state index contributed by atoms with van der Waals surface area (Å²) in [6.45, 7) is 3.33. The number of aromatic nitrogens is 2. The summed E-state index contributed by atoms with van der Waals surface area (Å²) in [4.78, 5) is 23.7. The van der Waals surface area contributed by atoms with E-state index in [2.05, 4.69) is 0 Å². The van der Waals surface area contributed by atoms with Crippen molar-refractivity contribution in [2.24, 2.45) is 7.05 Å². The Balaban J connectivity index is 2.42. The number of nitrogens with two attached hydrogens (primary N) is 1. The first-order valence-corrected chi connectivity index (χ1v) is 7.70. The van der Waals surface area contributed by atoms with Crippen LogP contribution in [0, 0.1) is 0 Å². The van der Waals surface area contributed by atoms with Crippen LogP contribution in [0.2, 0.25) is 0 Å². The number of rotatable bonds is 5. The van der Waals surface area contributed by atoms with Crippen molar-refractivity contribution in [3.63, 3.8) is 0 Å². The van der Waals surface area contributed by atoms with E-state index < -0.39 is 29.4 Å². The molecule has 0 unspecified atom stereocenters. The average molecular weight is 355 g/mol. The monoisotopic (exact) mass is 355 g/mol. The smallest absolute Gasteiger partial charge is 0.393 e. The normalized spacial score (nSPS) is 12.4. The highest BCUT2D eigenvalue weighted by Crippen LogP contribution is 2.33. The average Bonchev–Trinajstić information content (AvgIpc) is 2.75. The first kappa shape index (κ1) is 18.8. The van der Waals surface area contributed by atoms with Crippen LogP contribution >= 0.6 is 0 Å². The van der Waals surface area contributed by atoms with Crippen molar-refractivity contribution >= 4 is 11.5 Å². The number of nitrogen functional groups attached to an aromatic ring is 1. The van der Waals surface area contributed by atoms with E-state index in [1.165, 1.54) is 9.36 Å². The Morgan fingerprint density at radius 3 is 2.24 bits per heavy atom. The highest BCUT2D eigenvalue weighted by atomic mass is 19.4. The fourth-order valence-electron chi connectivity index (χ4n) is 2.97. The van der Waals surface area contributed by atoms with Gasteiger partial charge in [0, 0.05) is 18.9 Å². The molecule has 8 heteroatoms. The van der Waals surface area contributed by atoms with Gasteiger partial charge < -0.3 is 5.73 Å². The van der Waals surface area contributed by atoms with E-state index in [4.69, 9.17) is 5.73 Å². The molecule has 1 heterocycles. The third-order valence-electron chi connectivity index (χ3n) is 4.24. The first-order valence-electron chi connectivity index (χ1n) is 7.70. The zero-order valence-corrected chi connectivity index (χ0v) is 14.2. The van der Waals surface area contributed by atoms with Crippen LogP contribution in [-0.4, -0.2) is 21.3 Å². The van der Waals surface area contributed by atoms with Gasteiger partial charge in [0.1, 0.15) is 5.69 Å².